The maximum Gasteiger partial charge on any atom is 0.132 e. The van der Waals surface area contributed by atoms with Crippen LogP contribution in [0.4, 0.5) is 4.48 Å². The van der Waals surface area contributed by atoms with Gasteiger partial charge in [-0.15, -0.1) is 16.2 Å². The van der Waals surface area contributed by atoms with E-state index in [-0.39, 0.29) is 6.04 Å². The summed E-state index contributed by atoms with van der Waals surface area (Å²) in [5, 5.41) is 9.69. The Labute approximate surface area is 96.0 Å². The molecule has 0 saturated carbocycles. The highest BCUT2D eigenvalue weighted by molar-refractivity contribution is 5.16. The predicted octanol–water partition coefficient (Wildman–Crippen LogP) is 2.70. The van der Waals surface area contributed by atoms with Crippen molar-refractivity contribution < 1.29 is 9.59 Å². The standard InChI is InChI=1S/C13H18FNO/c1-3-7-13(15(14)11(2)16)10-12-8-5-4-6-9-12/h3-6,8-9,11,13,16H,1,7,10H2,2H3/t11-,13+/m1/s1. The largest absolute Gasteiger partial charge is 0.376 e. The first-order valence-electron chi connectivity index (χ1n) is 5.42. The van der Waals surface area contributed by atoms with Crippen LogP contribution in [0.5, 0.6) is 0 Å². The van der Waals surface area contributed by atoms with Crippen LogP contribution >= 0.6 is 0 Å². The molecule has 0 unspecified atom stereocenters. The third-order valence-electron chi connectivity index (χ3n) is 2.46. The van der Waals surface area contributed by atoms with E-state index < -0.39 is 6.23 Å². The zero-order valence-corrected chi connectivity index (χ0v) is 9.51. The first-order chi connectivity index (χ1) is 7.65. The number of hydrogen-bond acceptors (Lipinski definition) is 2. The number of nitrogens with zero attached hydrogens (tertiary/aromatic N) is 1. The van der Waals surface area contributed by atoms with E-state index in [1.807, 2.05) is 30.3 Å². The third-order valence-corrected chi connectivity index (χ3v) is 2.46. The van der Waals surface area contributed by atoms with Gasteiger partial charge in [0.1, 0.15) is 6.23 Å². The monoisotopic (exact) mass is 223 g/mol. The molecule has 0 aliphatic carbocycles. The molecule has 0 heterocycles. The lowest BCUT2D eigenvalue weighted by molar-refractivity contribution is -0.141. The van der Waals surface area contributed by atoms with Crippen LogP contribution in [0.15, 0.2) is 43.0 Å². The smallest absolute Gasteiger partial charge is 0.132 e. The van der Waals surface area contributed by atoms with Gasteiger partial charge in [0.15, 0.2) is 0 Å². The van der Waals surface area contributed by atoms with E-state index in [9.17, 15) is 9.59 Å². The predicted molar refractivity (Wildman–Crippen MR) is 63.4 cm³/mol. The number of aliphatic hydroxyl groups is 1. The maximum atomic E-state index is 13.6. The Kier molecular flexibility index (Phi) is 5.15. The summed E-state index contributed by atoms with van der Waals surface area (Å²) in [4.78, 5) is 0. The van der Waals surface area contributed by atoms with Crippen LogP contribution in [-0.2, 0) is 6.42 Å². The van der Waals surface area contributed by atoms with Crippen molar-refractivity contribution in [2.75, 3.05) is 0 Å². The molecular formula is C13H18FNO. The van der Waals surface area contributed by atoms with E-state index in [0.29, 0.717) is 18.0 Å². The molecule has 88 valence electrons. The van der Waals surface area contributed by atoms with Gasteiger partial charge in [-0.05, 0) is 25.3 Å². The second kappa shape index (κ2) is 6.40. The molecule has 1 aromatic carbocycles. The van der Waals surface area contributed by atoms with Crippen molar-refractivity contribution in [2.24, 2.45) is 0 Å². The van der Waals surface area contributed by atoms with Crippen molar-refractivity contribution in [3.05, 3.63) is 48.6 Å². The van der Waals surface area contributed by atoms with Crippen LogP contribution in [0, 0.1) is 0 Å². The first-order valence-corrected chi connectivity index (χ1v) is 5.42. The summed E-state index contributed by atoms with van der Waals surface area (Å²) < 4.78 is 13.6. The average Bonchev–Trinajstić information content (AvgIpc) is 2.29. The lowest BCUT2D eigenvalue weighted by atomic mass is 10.0. The van der Waals surface area contributed by atoms with Crippen LogP contribution in [-0.4, -0.2) is 22.5 Å². The molecule has 3 heteroatoms. The molecule has 1 aromatic rings. The fraction of sp³-hybridized carbons (Fsp3) is 0.385. The van der Waals surface area contributed by atoms with Crippen LogP contribution in [0.1, 0.15) is 18.9 Å². The topological polar surface area (TPSA) is 23.5 Å². The third kappa shape index (κ3) is 3.76. The number of rotatable bonds is 6. The Balaban J connectivity index is 2.68. The highest BCUT2D eigenvalue weighted by Gasteiger charge is 2.21. The van der Waals surface area contributed by atoms with Crippen molar-refractivity contribution in [1.82, 2.24) is 5.12 Å². The molecule has 2 nitrogen and oxygen atoms in total. The van der Waals surface area contributed by atoms with Gasteiger partial charge in [0.05, 0.1) is 6.04 Å². The summed E-state index contributed by atoms with van der Waals surface area (Å²) in [6.07, 6.45) is 1.65. The van der Waals surface area contributed by atoms with Crippen LogP contribution in [0.2, 0.25) is 0 Å². The summed E-state index contributed by atoms with van der Waals surface area (Å²) in [6.45, 7) is 5.03. The molecule has 0 bridgehead atoms. The van der Waals surface area contributed by atoms with Crippen molar-refractivity contribution >= 4 is 0 Å². The van der Waals surface area contributed by atoms with Crippen molar-refractivity contribution in [3.8, 4) is 0 Å². The maximum absolute atomic E-state index is 13.6. The van der Waals surface area contributed by atoms with E-state index >= 15 is 0 Å². The van der Waals surface area contributed by atoms with Crippen molar-refractivity contribution in [1.29, 1.82) is 0 Å². The molecule has 0 saturated heterocycles. The quantitative estimate of drug-likeness (QED) is 0.455. The Hall–Kier alpha value is -1.19. The van der Waals surface area contributed by atoms with Gasteiger partial charge in [-0.25, -0.2) is 0 Å². The minimum atomic E-state index is -1.09. The molecule has 0 aliphatic heterocycles. The molecule has 16 heavy (non-hydrogen) atoms. The number of aliphatic hydroxyl groups excluding tert-OH is 1. The minimum absolute atomic E-state index is 0.361. The molecule has 2 atom stereocenters. The Morgan fingerprint density at radius 3 is 2.56 bits per heavy atom. The van der Waals surface area contributed by atoms with Crippen LogP contribution in [0.3, 0.4) is 0 Å². The molecular weight excluding hydrogens is 205 g/mol. The van der Waals surface area contributed by atoms with Crippen molar-refractivity contribution in [3.63, 3.8) is 0 Å². The molecule has 0 aromatic heterocycles. The fourth-order valence-electron chi connectivity index (χ4n) is 1.65. The number of hydrogen-bond donors (Lipinski definition) is 1. The van der Waals surface area contributed by atoms with E-state index in [4.69, 9.17) is 0 Å². The zero-order chi connectivity index (χ0) is 12.0. The van der Waals surface area contributed by atoms with Gasteiger partial charge in [0, 0.05) is 0 Å². The zero-order valence-electron chi connectivity index (χ0n) is 9.51. The van der Waals surface area contributed by atoms with Gasteiger partial charge >= 0.3 is 0 Å². The Morgan fingerprint density at radius 1 is 1.44 bits per heavy atom. The summed E-state index contributed by atoms with van der Waals surface area (Å²) in [7, 11) is 0. The van der Waals surface area contributed by atoms with Gasteiger partial charge in [0.25, 0.3) is 0 Å². The lowest BCUT2D eigenvalue weighted by Gasteiger charge is -2.24. The molecule has 0 amide bonds. The Morgan fingerprint density at radius 2 is 2.06 bits per heavy atom. The average molecular weight is 223 g/mol. The summed E-state index contributed by atoms with van der Waals surface area (Å²) in [5.41, 5.74) is 1.05. The SMILES string of the molecule is C=CC[C@@H](Cc1ccccc1)N(F)[C@@H](C)O. The Bertz CT molecular complexity index is 313. The molecule has 1 N–H and O–H groups in total. The van der Waals surface area contributed by atoms with Gasteiger partial charge in [-0.3, -0.25) is 0 Å². The highest BCUT2D eigenvalue weighted by atomic mass is 19.2. The van der Waals surface area contributed by atoms with E-state index in [2.05, 4.69) is 6.58 Å². The number of halogens is 1. The normalized spacial score (nSPS) is 14.8. The number of benzene rings is 1. The summed E-state index contributed by atoms with van der Waals surface area (Å²) in [6, 6.07) is 9.31. The molecule has 0 spiro atoms. The van der Waals surface area contributed by atoms with E-state index in [1.54, 1.807) is 6.08 Å². The van der Waals surface area contributed by atoms with Gasteiger partial charge < -0.3 is 5.11 Å². The van der Waals surface area contributed by atoms with Crippen LogP contribution < -0.4 is 0 Å². The van der Waals surface area contributed by atoms with Gasteiger partial charge in [-0.1, -0.05) is 36.4 Å². The van der Waals surface area contributed by atoms with Gasteiger partial charge in [0.2, 0.25) is 0 Å². The van der Waals surface area contributed by atoms with Crippen molar-refractivity contribution in [2.45, 2.75) is 32.0 Å². The molecule has 0 aliphatic rings. The van der Waals surface area contributed by atoms with Crippen LogP contribution in [0.25, 0.3) is 0 Å². The van der Waals surface area contributed by atoms with E-state index in [1.165, 1.54) is 6.92 Å². The molecule has 0 fully saturated rings. The van der Waals surface area contributed by atoms with Gasteiger partial charge in [-0.2, -0.15) is 0 Å². The first kappa shape index (κ1) is 12.9. The minimum Gasteiger partial charge on any atom is -0.376 e. The lowest BCUT2D eigenvalue weighted by Crippen LogP contribution is -2.36. The summed E-state index contributed by atoms with van der Waals surface area (Å²) >= 11 is 0. The molecule has 0 radical (unpaired) electrons. The summed E-state index contributed by atoms with van der Waals surface area (Å²) in [5.74, 6) is 0. The second-order valence-electron chi connectivity index (χ2n) is 3.84. The fourth-order valence-corrected chi connectivity index (χ4v) is 1.65. The second-order valence-corrected chi connectivity index (χ2v) is 3.84. The molecule has 1 rings (SSSR count). The van der Waals surface area contributed by atoms with E-state index in [0.717, 1.165) is 5.56 Å². The highest BCUT2D eigenvalue weighted by Crippen LogP contribution is 2.15.